The molecule has 5 nitrogen and oxygen atoms in total. The van der Waals surface area contributed by atoms with Crippen LogP contribution in [0.4, 0.5) is 4.39 Å². The van der Waals surface area contributed by atoms with E-state index in [0.29, 0.717) is 13.1 Å². The molecule has 0 N–H and O–H groups in total. The van der Waals surface area contributed by atoms with Crippen molar-refractivity contribution in [1.29, 1.82) is 0 Å². The topological polar surface area (TPSA) is 51.0 Å². The third-order valence-corrected chi connectivity index (χ3v) is 4.86. The van der Waals surface area contributed by atoms with Gasteiger partial charge in [0.25, 0.3) is 0 Å². The van der Waals surface area contributed by atoms with E-state index in [0.717, 1.165) is 36.6 Å². The molecule has 23 heavy (non-hydrogen) atoms. The lowest BCUT2D eigenvalue weighted by atomic mass is 10.1. The zero-order valence-electron chi connectivity index (χ0n) is 13.1. The first kappa shape index (κ1) is 14.4. The van der Waals surface area contributed by atoms with Crippen molar-refractivity contribution in [3.05, 3.63) is 47.3 Å². The highest BCUT2D eigenvalue weighted by Crippen LogP contribution is 2.48. The van der Waals surface area contributed by atoms with E-state index in [2.05, 4.69) is 21.7 Å². The lowest BCUT2D eigenvalue weighted by molar-refractivity contribution is -0.134. The molecule has 2 aliphatic rings. The molecular formula is C17H19FN4O. The fraction of sp³-hybridized carbons (Fsp3) is 0.471. The van der Waals surface area contributed by atoms with Crippen LogP contribution in [0.15, 0.2) is 24.3 Å². The SMILES string of the molecule is CCc1nnc2n1CCN(C(=O)[C@@H]1C[C@H]1c1ccc(F)cc1)C2. The molecule has 120 valence electrons. The summed E-state index contributed by atoms with van der Waals surface area (Å²) in [4.78, 5) is 14.6. The van der Waals surface area contributed by atoms with Gasteiger partial charge in [-0.15, -0.1) is 10.2 Å². The fourth-order valence-electron chi connectivity index (χ4n) is 3.45. The number of carbonyl (C=O) groups is 1. The maximum absolute atomic E-state index is 13.0. The number of amides is 1. The van der Waals surface area contributed by atoms with Gasteiger partial charge in [-0.3, -0.25) is 4.79 Å². The van der Waals surface area contributed by atoms with Crippen LogP contribution in [0.1, 0.15) is 36.5 Å². The highest BCUT2D eigenvalue weighted by molar-refractivity contribution is 5.83. The Morgan fingerprint density at radius 3 is 2.78 bits per heavy atom. The molecule has 2 atom stereocenters. The molecule has 0 unspecified atom stereocenters. The number of aryl methyl sites for hydroxylation is 1. The van der Waals surface area contributed by atoms with Crippen LogP contribution in [0, 0.1) is 11.7 Å². The van der Waals surface area contributed by atoms with Crippen LogP contribution in [0.2, 0.25) is 0 Å². The van der Waals surface area contributed by atoms with E-state index in [1.54, 1.807) is 12.1 Å². The highest BCUT2D eigenvalue weighted by atomic mass is 19.1. The van der Waals surface area contributed by atoms with E-state index in [1.807, 2.05) is 4.90 Å². The Balaban J connectivity index is 1.44. The summed E-state index contributed by atoms with van der Waals surface area (Å²) in [5.74, 6) is 2.07. The van der Waals surface area contributed by atoms with Crippen molar-refractivity contribution in [2.75, 3.05) is 6.54 Å². The highest BCUT2D eigenvalue weighted by Gasteiger charge is 2.46. The first-order valence-corrected chi connectivity index (χ1v) is 8.12. The van der Waals surface area contributed by atoms with Gasteiger partial charge in [-0.05, 0) is 30.0 Å². The van der Waals surface area contributed by atoms with Crippen LogP contribution in [0.25, 0.3) is 0 Å². The maximum Gasteiger partial charge on any atom is 0.226 e. The van der Waals surface area contributed by atoms with E-state index in [-0.39, 0.29) is 23.6 Å². The normalized spacial score (nSPS) is 22.8. The van der Waals surface area contributed by atoms with Gasteiger partial charge in [-0.2, -0.15) is 0 Å². The van der Waals surface area contributed by atoms with Crippen molar-refractivity contribution < 1.29 is 9.18 Å². The minimum atomic E-state index is -0.237. The number of fused-ring (bicyclic) bond motifs is 1. The minimum Gasteiger partial charge on any atom is -0.333 e. The second-order valence-corrected chi connectivity index (χ2v) is 6.30. The summed E-state index contributed by atoms with van der Waals surface area (Å²) in [6.45, 7) is 4.08. The Kier molecular flexibility index (Phi) is 3.39. The second-order valence-electron chi connectivity index (χ2n) is 6.30. The van der Waals surface area contributed by atoms with E-state index in [4.69, 9.17) is 0 Å². The number of carbonyl (C=O) groups excluding carboxylic acids is 1. The molecule has 1 amide bonds. The lowest BCUT2D eigenvalue weighted by Crippen LogP contribution is -2.39. The second kappa shape index (κ2) is 5.44. The summed E-state index contributed by atoms with van der Waals surface area (Å²) >= 11 is 0. The van der Waals surface area contributed by atoms with Crippen LogP contribution in [0.5, 0.6) is 0 Å². The summed E-state index contributed by atoms with van der Waals surface area (Å²) in [5.41, 5.74) is 1.05. The van der Waals surface area contributed by atoms with Crippen molar-refractivity contribution >= 4 is 5.91 Å². The molecular weight excluding hydrogens is 295 g/mol. The predicted molar refractivity (Wildman–Crippen MR) is 82.1 cm³/mol. The monoisotopic (exact) mass is 314 g/mol. The summed E-state index contributed by atoms with van der Waals surface area (Å²) in [6, 6.07) is 6.50. The molecule has 0 saturated heterocycles. The predicted octanol–water partition coefficient (Wildman–Crippen LogP) is 2.13. The largest absolute Gasteiger partial charge is 0.333 e. The van der Waals surface area contributed by atoms with Gasteiger partial charge in [-0.25, -0.2) is 4.39 Å². The number of rotatable bonds is 3. The summed E-state index contributed by atoms with van der Waals surface area (Å²) in [7, 11) is 0. The molecule has 1 aliphatic heterocycles. The Labute approximate surface area is 134 Å². The molecule has 2 aromatic rings. The molecule has 0 bridgehead atoms. The quantitative estimate of drug-likeness (QED) is 0.872. The van der Waals surface area contributed by atoms with Gasteiger partial charge >= 0.3 is 0 Å². The first-order chi connectivity index (χ1) is 11.2. The Morgan fingerprint density at radius 2 is 2.04 bits per heavy atom. The smallest absolute Gasteiger partial charge is 0.226 e. The third-order valence-electron chi connectivity index (χ3n) is 4.86. The molecule has 4 rings (SSSR count). The van der Waals surface area contributed by atoms with Gasteiger partial charge in [0.2, 0.25) is 5.91 Å². The fourth-order valence-corrected chi connectivity index (χ4v) is 3.45. The third kappa shape index (κ3) is 2.52. The number of benzene rings is 1. The van der Waals surface area contributed by atoms with Gasteiger partial charge in [0.15, 0.2) is 5.82 Å². The Bertz CT molecular complexity index is 740. The van der Waals surface area contributed by atoms with Gasteiger partial charge in [0.1, 0.15) is 11.6 Å². The van der Waals surface area contributed by atoms with E-state index in [9.17, 15) is 9.18 Å². The summed E-state index contributed by atoms with van der Waals surface area (Å²) in [5, 5.41) is 8.39. The number of nitrogens with zero attached hydrogens (tertiary/aromatic N) is 4. The van der Waals surface area contributed by atoms with Crippen LogP contribution < -0.4 is 0 Å². The van der Waals surface area contributed by atoms with Crippen LogP contribution >= 0.6 is 0 Å². The zero-order chi connectivity index (χ0) is 16.0. The maximum atomic E-state index is 13.0. The zero-order valence-corrected chi connectivity index (χ0v) is 13.1. The van der Waals surface area contributed by atoms with Gasteiger partial charge in [0, 0.05) is 25.4 Å². The van der Waals surface area contributed by atoms with Gasteiger partial charge in [-0.1, -0.05) is 19.1 Å². The first-order valence-electron chi connectivity index (χ1n) is 8.12. The van der Waals surface area contributed by atoms with Crippen LogP contribution in [-0.4, -0.2) is 32.1 Å². The molecule has 0 spiro atoms. The Morgan fingerprint density at radius 1 is 1.26 bits per heavy atom. The summed E-state index contributed by atoms with van der Waals surface area (Å²) < 4.78 is 15.1. The van der Waals surface area contributed by atoms with E-state index < -0.39 is 0 Å². The van der Waals surface area contributed by atoms with Crippen LogP contribution in [-0.2, 0) is 24.3 Å². The molecule has 1 aromatic carbocycles. The number of hydrogen-bond donors (Lipinski definition) is 0. The molecule has 2 heterocycles. The van der Waals surface area contributed by atoms with Crippen molar-refractivity contribution in [1.82, 2.24) is 19.7 Å². The van der Waals surface area contributed by atoms with Gasteiger partial charge < -0.3 is 9.47 Å². The van der Waals surface area contributed by atoms with E-state index in [1.165, 1.54) is 12.1 Å². The van der Waals surface area contributed by atoms with Crippen molar-refractivity contribution in [3.8, 4) is 0 Å². The Hall–Kier alpha value is -2.24. The summed E-state index contributed by atoms with van der Waals surface area (Å²) in [6.07, 6.45) is 1.71. The van der Waals surface area contributed by atoms with Crippen molar-refractivity contribution in [3.63, 3.8) is 0 Å². The average Bonchev–Trinajstić information content (AvgIpc) is 3.26. The molecule has 1 fully saturated rings. The molecule has 1 aliphatic carbocycles. The standard InChI is InChI=1S/C17H19FN4O/c1-2-15-19-20-16-10-21(7-8-22(15)16)17(23)14-9-13(14)11-3-5-12(18)6-4-11/h3-6,13-14H,2,7-10H2,1H3/t13-,14+/m0/s1. The molecule has 1 saturated carbocycles. The van der Waals surface area contributed by atoms with E-state index >= 15 is 0 Å². The minimum absolute atomic E-state index is 0.0283. The van der Waals surface area contributed by atoms with Gasteiger partial charge in [0.05, 0.1) is 6.54 Å². The molecule has 0 radical (unpaired) electrons. The van der Waals surface area contributed by atoms with Crippen molar-refractivity contribution in [2.24, 2.45) is 5.92 Å². The van der Waals surface area contributed by atoms with Crippen LogP contribution in [0.3, 0.4) is 0 Å². The number of hydrogen-bond acceptors (Lipinski definition) is 3. The lowest BCUT2D eigenvalue weighted by Gasteiger charge is -2.28. The number of halogens is 1. The molecule has 6 heteroatoms. The number of aromatic nitrogens is 3. The molecule has 1 aromatic heterocycles. The van der Waals surface area contributed by atoms with Crippen molar-refractivity contribution in [2.45, 2.75) is 38.8 Å². The average molecular weight is 314 g/mol.